The molecular weight excluding hydrogens is 481 g/mol. The molecule has 39 heavy (non-hydrogen) atoms. The van der Waals surface area contributed by atoms with E-state index in [9.17, 15) is 0 Å². The zero-order valence-corrected chi connectivity index (χ0v) is 29.7. The molecule has 1 saturated heterocycles. The molecule has 0 aromatic heterocycles. The number of alkyl halides is 1. The third kappa shape index (κ3) is 6.04. The number of piperazine rings is 1. The Kier molecular flexibility index (Phi) is 9.25. The lowest BCUT2D eigenvalue weighted by molar-refractivity contribution is 0.00241. The van der Waals surface area contributed by atoms with Gasteiger partial charge in [-0.2, -0.15) is 0 Å². The first-order chi connectivity index (χ1) is 16.9. The van der Waals surface area contributed by atoms with Gasteiger partial charge < -0.3 is 19.3 Å². The fraction of sp³-hybridized carbons (Fsp3) is 0.600. The maximum absolute atomic E-state index is 7.11. The average molecular weight is 523 g/mol. The van der Waals surface area contributed by atoms with Crippen LogP contribution in [0.3, 0.4) is 0 Å². The highest BCUT2D eigenvalue weighted by molar-refractivity contribution is 6.71. The van der Waals surface area contributed by atoms with Crippen LogP contribution in [0.25, 0.3) is 0 Å². The van der Waals surface area contributed by atoms with Crippen LogP contribution in [0, 0.1) is 0 Å². The van der Waals surface area contributed by atoms with Gasteiger partial charge in [0, 0.05) is 11.1 Å². The number of benzene rings is 1. The van der Waals surface area contributed by atoms with Crippen LogP contribution in [0.4, 0.5) is 5.69 Å². The van der Waals surface area contributed by atoms with E-state index in [1.165, 1.54) is 5.69 Å². The Morgan fingerprint density at radius 2 is 0.974 bits per heavy atom. The molecule has 1 aromatic carbocycles. The van der Waals surface area contributed by atoms with Gasteiger partial charge in [0.1, 0.15) is 155 Å². The van der Waals surface area contributed by atoms with Gasteiger partial charge in [-0.15, -0.1) is 11.6 Å². The normalized spacial score (nSPS) is 21.6. The molecule has 1 aromatic rings. The largest absolute Gasteiger partial charge is 0.504 e. The molecule has 0 bridgehead atoms. The Hall–Kier alpha value is 0.264. The molecule has 188 valence electrons. The van der Waals surface area contributed by atoms with Gasteiger partial charge in [0.2, 0.25) is 0 Å². The molecule has 1 heterocycles. The van der Waals surface area contributed by atoms with E-state index in [-0.39, 0.29) is 32.0 Å². The second kappa shape index (κ2) is 10.2. The molecule has 0 aliphatic carbocycles. The first-order valence-corrected chi connectivity index (χ1v) is 15.0. The standard InChI is InChI=1S/C15H42B19ClN2O2/c16-7(17,35)8(18,19)37-11(24,25)9(20,21)36(10(22,23)12(37,26)27)5-1-3-6(4-2-5)38-13(28,29)14(30,31)39-15(32,33)34/h1-4H,16-34H2. The lowest BCUT2D eigenvalue weighted by atomic mass is 9.23. The summed E-state index contributed by atoms with van der Waals surface area (Å²) in [6, 6.07) is 8.64. The number of hydrogen-bond donors (Lipinski definition) is 0. The predicted molar refractivity (Wildman–Crippen MR) is 225 cm³/mol. The van der Waals surface area contributed by atoms with Crippen molar-refractivity contribution in [3.63, 3.8) is 0 Å². The molecule has 0 amide bonds. The number of anilines is 1. The maximum Gasteiger partial charge on any atom is 0.148 e. The molecule has 24 heteroatoms. The van der Waals surface area contributed by atoms with E-state index in [1.54, 1.807) is 0 Å². The fourth-order valence-electron chi connectivity index (χ4n) is 6.77. The fourth-order valence-corrected chi connectivity index (χ4v) is 6.85. The van der Waals surface area contributed by atoms with E-state index in [0.29, 0.717) is 0 Å². The summed E-state index contributed by atoms with van der Waals surface area (Å²) in [6.07, 6.45) is 0. The average Bonchev–Trinajstić information content (AvgIpc) is 2.64. The maximum atomic E-state index is 7.11. The topological polar surface area (TPSA) is 24.9 Å². The molecule has 0 spiro atoms. The molecule has 1 aliphatic heterocycles. The van der Waals surface area contributed by atoms with E-state index in [2.05, 4.69) is 183 Å². The molecule has 0 N–H and O–H groups in total. The molecule has 1 fully saturated rings. The monoisotopic (exact) mass is 526 g/mol. The van der Waals surface area contributed by atoms with E-state index < -0.39 is 15.5 Å². The number of halogens is 1. The van der Waals surface area contributed by atoms with Crippen molar-refractivity contribution in [3.05, 3.63) is 24.3 Å². The van der Waals surface area contributed by atoms with Crippen LogP contribution in [0.2, 0.25) is 0 Å². The van der Waals surface area contributed by atoms with E-state index in [0.717, 1.165) is 5.75 Å². The number of ether oxygens (including phenoxy) is 2. The van der Waals surface area contributed by atoms with Crippen molar-refractivity contribution in [2.24, 2.45) is 0 Å². The third-order valence-corrected chi connectivity index (χ3v) is 11.2. The van der Waals surface area contributed by atoms with Crippen molar-refractivity contribution in [2.45, 2.75) is 47.5 Å². The summed E-state index contributed by atoms with van der Waals surface area (Å²) in [6.45, 7) is 0. The second-order valence-corrected chi connectivity index (χ2v) is 17.7. The Labute approximate surface area is 262 Å². The summed E-state index contributed by atoms with van der Waals surface area (Å²) in [5.74, 6) is 0.840. The highest BCUT2D eigenvalue weighted by Gasteiger charge is 2.65. The summed E-state index contributed by atoms with van der Waals surface area (Å²) in [5, 5.41) is -2.43. The van der Waals surface area contributed by atoms with Gasteiger partial charge in [-0.1, -0.05) is 0 Å². The van der Waals surface area contributed by atoms with Gasteiger partial charge in [0.05, 0.1) is 5.40 Å². The summed E-state index contributed by atoms with van der Waals surface area (Å²) >= 11 is 7.11. The van der Waals surface area contributed by atoms with Crippen LogP contribution < -0.4 is 9.64 Å². The Morgan fingerprint density at radius 1 is 0.590 bits per heavy atom. The summed E-state index contributed by atoms with van der Waals surface area (Å²) in [5.41, 5.74) is 1.18. The Morgan fingerprint density at radius 3 is 1.31 bits per heavy atom. The lowest BCUT2D eigenvalue weighted by Gasteiger charge is -2.79. The van der Waals surface area contributed by atoms with Crippen molar-refractivity contribution in [3.8, 4) is 5.75 Å². The quantitative estimate of drug-likeness (QED) is 0.250. The Bertz CT molecular complexity index is 1020. The van der Waals surface area contributed by atoms with Crippen molar-refractivity contribution in [2.75, 3.05) is 4.90 Å². The van der Waals surface area contributed by atoms with E-state index in [4.69, 9.17) is 21.1 Å². The summed E-state index contributed by atoms with van der Waals surface area (Å²) in [4.78, 5) is 5.31. The molecule has 0 atom stereocenters. The molecule has 2 rings (SSSR count). The molecule has 0 unspecified atom stereocenters. The minimum atomic E-state index is -0.532. The molecule has 0 radical (unpaired) electrons. The van der Waals surface area contributed by atoms with Crippen LogP contribution in [-0.4, -0.2) is 201 Å². The van der Waals surface area contributed by atoms with Crippen LogP contribution in [0.5, 0.6) is 5.75 Å². The smallest absolute Gasteiger partial charge is 0.148 e. The van der Waals surface area contributed by atoms with Crippen molar-refractivity contribution in [1.82, 2.24) is 4.90 Å². The summed E-state index contributed by atoms with van der Waals surface area (Å²) in [7, 11) is 42.5. The van der Waals surface area contributed by atoms with E-state index >= 15 is 0 Å². The molecule has 0 saturated carbocycles. The SMILES string of the molecule is BC(B)(B)OC(B)(B)C(B)(B)Oc1ccc(N2C(B)(B)C(B)(B)N(C(B)(B)C(B)(B)Cl)C(B)(B)C2(B)B)cc1. The first-order valence-electron chi connectivity index (χ1n) is 14.7. The van der Waals surface area contributed by atoms with Gasteiger partial charge in [-0.25, -0.2) is 0 Å². The summed E-state index contributed by atoms with van der Waals surface area (Å²) < 4.78 is 12.5. The lowest BCUT2D eigenvalue weighted by Crippen LogP contribution is -2.96. The van der Waals surface area contributed by atoms with Crippen molar-refractivity contribution >= 4 is 166 Å². The van der Waals surface area contributed by atoms with Crippen LogP contribution in [0.1, 0.15) is 0 Å². The van der Waals surface area contributed by atoms with Gasteiger partial charge in [0.15, 0.2) is 0 Å². The minimum absolute atomic E-state index is 0.215. The highest BCUT2D eigenvalue weighted by atomic mass is 35.5. The third-order valence-electron chi connectivity index (χ3n) is 10.7. The van der Waals surface area contributed by atoms with Crippen molar-refractivity contribution in [1.29, 1.82) is 0 Å². The zero-order valence-electron chi connectivity index (χ0n) is 28.9. The van der Waals surface area contributed by atoms with Gasteiger partial charge in [-0.05, 0) is 60.9 Å². The van der Waals surface area contributed by atoms with Gasteiger partial charge >= 0.3 is 0 Å². The van der Waals surface area contributed by atoms with Crippen LogP contribution in [0.15, 0.2) is 24.3 Å². The minimum Gasteiger partial charge on any atom is -0.504 e. The van der Waals surface area contributed by atoms with Crippen LogP contribution >= 0.6 is 11.6 Å². The first kappa shape index (κ1) is 35.5. The second-order valence-electron chi connectivity index (χ2n) is 16.8. The Balaban J connectivity index is 2.57. The van der Waals surface area contributed by atoms with Crippen LogP contribution in [-0.2, 0) is 4.74 Å². The highest BCUT2D eigenvalue weighted by Crippen LogP contribution is 2.49. The number of rotatable bonds is 8. The predicted octanol–water partition coefficient (Wildman–Crippen LogP) is -17.7. The van der Waals surface area contributed by atoms with Gasteiger partial charge in [0.25, 0.3) is 0 Å². The number of hydrogen-bond acceptors (Lipinski definition) is 4. The van der Waals surface area contributed by atoms with Gasteiger partial charge in [-0.3, -0.25) is 0 Å². The number of nitrogens with zero attached hydrogens (tertiary/aromatic N) is 2. The molecular formula is C15H42B19ClN2O2. The van der Waals surface area contributed by atoms with E-state index in [1.807, 2.05) is 0 Å². The zero-order chi connectivity index (χ0) is 31.1. The molecule has 4 nitrogen and oxygen atoms in total. The van der Waals surface area contributed by atoms with Crippen molar-refractivity contribution < 1.29 is 9.47 Å². The molecule has 1 aliphatic rings.